The number of aromatic carboxylic acids is 1. The molecule has 0 unspecified atom stereocenters. The number of hydrogen-bond donors (Lipinski definition) is 1. The first-order valence-electron chi connectivity index (χ1n) is 10.0. The fourth-order valence-corrected chi connectivity index (χ4v) is 3.59. The number of ether oxygens (including phenoxy) is 1. The van der Waals surface area contributed by atoms with Crippen molar-refractivity contribution in [3.63, 3.8) is 0 Å². The molecule has 172 valence electrons. The van der Waals surface area contributed by atoms with E-state index in [1.54, 1.807) is 31.2 Å². The van der Waals surface area contributed by atoms with Gasteiger partial charge in [-0.15, -0.1) is 0 Å². The monoisotopic (exact) mass is 479 g/mol. The van der Waals surface area contributed by atoms with Crippen molar-refractivity contribution in [2.45, 2.75) is 6.92 Å². The van der Waals surface area contributed by atoms with Gasteiger partial charge in [-0.1, -0.05) is 29.8 Å². The molecule has 0 saturated carbocycles. The molecule has 3 aromatic rings. The van der Waals surface area contributed by atoms with Crippen LogP contribution in [0.25, 0.3) is 17.4 Å². The lowest BCUT2D eigenvalue weighted by Crippen LogP contribution is -2.54. The Balaban J connectivity index is 1.64. The van der Waals surface area contributed by atoms with Crippen molar-refractivity contribution in [2.24, 2.45) is 0 Å². The Kier molecular flexibility index (Phi) is 6.20. The summed E-state index contributed by atoms with van der Waals surface area (Å²) < 4.78 is 11.1. The first kappa shape index (κ1) is 22.8. The van der Waals surface area contributed by atoms with E-state index in [1.807, 2.05) is 0 Å². The number of barbiturate groups is 1. The van der Waals surface area contributed by atoms with Crippen molar-refractivity contribution in [1.29, 1.82) is 0 Å². The lowest BCUT2D eigenvalue weighted by molar-refractivity contribution is -0.255. The molecule has 0 aliphatic carbocycles. The smallest absolute Gasteiger partial charge is 0.335 e. The number of furan rings is 1. The summed E-state index contributed by atoms with van der Waals surface area (Å²) in [5.41, 5.74) is 0.229. The third-order valence-electron chi connectivity index (χ3n) is 4.88. The molecule has 4 amide bonds. The van der Waals surface area contributed by atoms with Crippen LogP contribution in [0.4, 0.5) is 10.5 Å². The fourth-order valence-electron chi connectivity index (χ4n) is 3.33. The number of rotatable bonds is 6. The first-order chi connectivity index (χ1) is 16.3. The van der Waals surface area contributed by atoms with Crippen LogP contribution < -0.4 is 20.1 Å². The fraction of sp³-hybridized carbons (Fsp3) is 0.0833. The maximum atomic E-state index is 13.1. The molecule has 9 nitrogen and oxygen atoms in total. The van der Waals surface area contributed by atoms with Crippen LogP contribution in [-0.4, -0.2) is 30.4 Å². The van der Waals surface area contributed by atoms with E-state index in [4.69, 9.17) is 20.8 Å². The molecule has 1 saturated heterocycles. The minimum absolute atomic E-state index is 0.0286. The van der Waals surface area contributed by atoms with Crippen LogP contribution in [0.2, 0.25) is 5.02 Å². The molecule has 2 heterocycles. The van der Waals surface area contributed by atoms with Crippen LogP contribution in [0.15, 0.2) is 64.6 Å². The van der Waals surface area contributed by atoms with Gasteiger partial charge in [0.15, 0.2) is 0 Å². The van der Waals surface area contributed by atoms with E-state index < -0.39 is 23.8 Å². The molecule has 2 aromatic carbocycles. The number of urea groups is 1. The number of halogens is 1. The van der Waals surface area contributed by atoms with E-state index in [2.05, 4.69) is 5.32 Å². The summed E-state index contributed by atoms with van der Waals surface area (Å²) in [4.78, 5) is 49.7. The van der Waals surface area contributed by atoms with Crippen LogP contribution >= 0.6 is 11.6 Å². The summed E-state index contributed by atoms with van der Waals surface area (Å²) in [6.45, 7) is 2.20. The second kappa shape index (κ2) is 9.24. The van der Waals surface area contributed by atoms with Gasteiger partial charge in [0.2, 0.25) is 0 Å². The van der Waals surface area contributed by atoms with Crippen molar-refractivity contribution in [1.82, 2.24) is 5.32 Å². The van der Waals surface area contributed by atoms with Gasteiger partial charge in [0.25, 0.3) is 11.8 Å². The van der Waals surface area contributed by atoms with Gasteiger partial charge >= 0.3 is 6.03 Å². The van der Waals surface area contributed by atoms with Crippen LogP contribution in [0.5, 0.6) is 5.75 Å². The minimum atomic E-state index is -1.41. The molecule has 0 atom stereocenters. The zero-order valence-corrected chi connectivity index (χ0v) is 18.4. The molecule has 1 aliphatic rings. The maximum Gasteiger partial charge on any atom is 0.335 e. The molecule has 34 heavy (non-hydrogen) atoms. The Labute approximate surface area is 198 Å². The van der Waals surface area contributed by atoms with Gasteiger partial charge in [0.05, 0.1) is 23.3 Å². The topological polar surface area (TPSA) is 129 Å². The SMILES string of the molecule is CCOc1cccc(N2C(=O)NC(=O)/C(=C/c3ccc(-c4ccc(C(=O)[O-])c(Cl)c4)o3)C2=O)c1. The van der Waals surface area contributed by atoms with Crippen molar-refractivity contribution in [3.8, 4) is 17.1 Å². The molecule has 1 aliphatic heterocycles. The van der Waals surface area contributed by atoms with Crippen molar-refractivity contribution < 1.29 is 33.4 Å². The van der Waals surface area contributed by atoms with Crippen molar-refractivity contribution in [3.05, 3.63) is 76.5 Å². The summed E-state index contributed by atoms with van der Waals surface area (Å²) in [5, 5.41) is 13.1. The highest BCUT2D eigenvalue weighted by molar-refractivity contribution is 6.39. The van der Waals surface area contributed by atoms with E-state index in [9.17, 15) is 24.3 Å². The van der Waals surface area contributed by atoms with Crippen LogP contribution in [-0.2, 0) is 9.59 Å². The number of nitrogens with one attached hydrogen (secondary N) is 1. The number of benzene rings is 2. The predicted molar refractivity (Wildman–Crippen MR) is 120 cm³/mol. The number of anilines is 1. The van der Waals surface area contributed by atoms with Crippen molar-refractivity contribution >= 4 is 47.2 Å². The Hall–Kier alpha value is -4.37. The number of carboxylic acids is 1. The van der Waals surface area contributed by atoms with Gasteiger partial charge in [-0.2, -0.15) is 0 Å². The summed E-state index contributed by atoms with van der Waals surface area (Å²) in [6, 6.07) is 12.7. The van der Waals surface area contributed by atoms with Gasteiger partial charge in [-0.05, 0) is 43.3 Å². The molecule has 0 radical (unpaired) electrons. The van der Waals surface area contributed by atoms with Crippen molar-refractivity contribution in [2.75, 3.05) is 11.5 Å². The average molecular weight is 480 g/mol. The van der Waals surface area contributed by atoms with Gasteiger partial charge in [0, 0.05) is 17.2 Å². The number of amides is 4. The standard InChI is InChI=1S/C24H17ClN2O7/c1-2-33-15-5-3-4-14(11-15)27-22(29)18(21(28)26-24(27)32)12-16-7-9-20(34-16)13-6-8-17(23(30)31)19(25)10-13/h3-12H,2H2,1H3,(H,30,31)(H,26,28,32)/p-1/b18-12-. The van der Waals surface area contributed by atoms with Gasteiger partial charge in [0.1, 0.15) is 22.8 Å². The minimum Gasteiger partial charge on any atom is -0.545 e. The largest absolute Gasteiger partial charge is 0.545 e. The zero-order valence-electron chi connectivity index (χ0n) is 17.7. The highest BCUT2D eigenvalue weighted by Gasteiger charge is 2.37. The molecule has 0 spiro atoms. The number of carboxylic acid groups (broad SMARTS) is 1. The van der Waals surface area contributed by atoms with E-state index >= 15 is 0 Å². The summed E-state index contributed by atoms with van der Waals surface area (Å²) >= 11 is 5.98. The Morgan fingerprint density at radius 1 is 1.15 bits per heavy atom. The highest BCUT2D eigenvalue weighted by Crippen LogP contribution is 2.29. The summed E-state index contributed by atoms with van der Waals surface area (Å²) in [6.07, 6.45) is 1.21. The van der Waals surface area contributed by atoms with Crippen LogP contribution in [0, 0.1) is 0 Å². The number of carbonyl (C=O) groups excluding carboxylic acids is 4. The number of nitrogens with zero attached hydrogens (tertiary/aromatic N) is 1. The lowest BCUT2D eigenvalue weighted by Gasteiger charge is -2.26. The van der Waals surface area contributed by atoms with Gasteiger partial charge < -0.3 is 19.1 Å². The molecule has 1 fully saturated rings. The highest BCUT2D eigenvalue weighted by atomic mass is 35.5. The Morgan fingerprint density at radius 3 is 2.65 bits per heavy atom. The third-order valence-corrected chi connectivity index (χ3v) is 5.19. The normalized spacial score (nSPS) is 14.9. The van der Waals surface area contributed by atoms with E-state index in [0.717, 1.165) is 4.90 Å². The third kappa shape index (κ3) is 4.41. The molecule has 1 N–H and O–H groups in total. The maximum absolute atomic E-state index is 13.1. The summed E-state index contributed by atoms with van der Waals surface area (Å²) in [5.74, 6) is -2.17. The van der Waals surface area contributed by atoms with Crippen LogP contribution in [0.1, 0.15) is 23.0 Å². The van der Waals surface area contributed by atoms with E-state index in [0.29, 0.717) is 23.7 Å². The summed E-state index contributed by atoms with van der Waals surface area (Å²) in [7, 11) is 0. The zero-order chi connectivity index (χ0) is 24.4. The van der Waals surface area contributed by atoms with E-state index in [-0.39, 0.29) is 27.6 Å². The number of hydrogen-bond acceptors (Lipinski definition) is 7. The second-order valence-electron chi connectivity index (χ2n) is 7.07. The number of carbonyl (C=O) groups is 4. The molecular formula is C24H16ClN2O7-. The average Bonchev–Trinajstić information content (AvgIpc) is 3.25. The Morgan fingerprint density at radius 2 is 1.94 bits per heavy atom. The molecule has 0 bridgehead atoms. The van der Waals surface area contributed by atoms with E-state index in [1.165, 1.54) is 36.4 Å². The predicted octanol–water partition coefficient (Wildman–Crippen LogP) is 3.03. The second-order valence-corrected chi connectivity index (χ2v) is 7.48. The molecule has 1 aromatic heterocycles. The molecular weight excluding hydrogens is 464 g/mol. The quantitative estimate of drug-likeness (QED) is 0.425. The van der Waals surface area contributed by atoms with Gasteiger partial charge in [-0.25, -0.2) is 9.69 Å². The molecule has 10 heteroatoms. The first-order valence-corrected chi connectivity index (χ1v) is 10.4. The number of imide groups is 2. The van der Waals surface area contributed by atoms with Crippen LogP contribution in [0.3, 0.4) is 0 Å². The van der Waals surface area contributed by atoms with Gasteiger partial charge in [-0.3, -0.25) is 14.9 Å². The Bertz CT molecular complexity index is 1360. The molecule has 4 rings (SSSR count). The lowest BCUT2D eigenvalue weighted by atomic mass is 10.1.